The number of carbonyl (C=O) groups excluding carboxylic acids is 1. The molecule has 0 aliphatic heterocycles. The molecule has 8 nitrogen and oxygen atoms in total. The summed E-state index contributed by atoms with van der Waals surface area (Å²) < 4.78 is 1.52. The molecule has 0 spiro atoms. The van der Waals surface area contributed by atoms with E-state index in [9.17, 15) is 14.9 Å². The first kappa shape index (κ1) is 20.9. The van der Waals surface area contributed by atoms with E-state index in [1.807, 2.05) is 0 Å². The normalized spacial score (nSPS) is 15.6. The smallest absolute Gasteiger partial charge is 0.269 e. The minimum Gasteiger partial charge on any atom is -0.348 e. The number of nitrogens with zero attached hydrogens (tertiary/aromatic N) is 3. The molecule has 0 bridgehead atoms. The number of halogens is 1. The zero-order chi connectivity index (χ0) is 18.5. The van der Waals surface area contributed by atoms with Crippen molar-refractivity contribution in [2.75, 3.05) is 6.54 Å². The van der Waals surface area contributed by atoms with Crippen molar-refractivity contribution in [3.8, 4) is 5.69 Å². The Labute approximate surface area is 163 Å². The lowest BCUT2D eigenvalue weighted by Crippen LogP contribution is -2.45. The number of nitrogens with two attached hydrogens (primary N) is 1. The maximum atomic E-state index is 12.5. The van der Waals surface area contributed by atoms with E-state index >= 15 is 0 Å². The van der Waals surface area contributed by atoms with E-state index in [0.29, 0.717) is 23.7 Å². The monoisotopic (exact) mass is 393 g/mol. The van der Waals surface area contributed by atoms with Crippen LogP contribution >= 0.6 is 12.4 Å². The fourth-order valence-corrected chi connectivity index (χ4v) is 3.47. The highest BCUT2D eigenvalue weighted by Gasteiger charge is 2.24. The molecule has 1 fully saturated rings. The Bertz CT molecular complexity index is 772. The average Bonchev–Trinajstić information content (AvgIpc) is 3.17. The summed E-state index contributed by atoms with van der Waals surface area (Å²) in [4.78, 5) is 22.8. The number of rotatable bonds is 6. The average molecular weight is 394 g/mol. The Morgan fingerprint density at radius 2 is 1.96 bits per heavy atom. The van der Waals surface area contributed by atoms with Crippen molar-refractivity contribution < 1.29 is 9.72 Å². The van der Waals surface area contributed by atoms with Crippen LogP contribution in [0.5, 0.6) is 0 Å². The van der Waals surface area contributed by atoms with Gasteiger partial charge in [0.2, 0.25) is 0 Å². The summed E-state index contributed by atoms with van der Waals surface area (Å²) in [5.74, 6) is 0.238. The van der Waals surface area contributed by atoms with Crippen LogP contribution < -0.4 is 11.1 Å². The van der Waals surface area contributed by atoms with Gasteiger partial charge in [-0.25, -0.2) is 4.68 Å². The van der Waals surface area contributed by atoms with E-state index in [4.69, 9.17) is 5.73 Å². The predicted octanol–water partition coefficient (Wildman–Crippen LogP) is 2.84. The second-order valence-electron chi connectivity index (χ2n) is 6.66. The second-order valence-corrected chi connectivity index (χ2v) is 6.66. The largest absolute Gasteiger partial charge is 0.348 e. The van der Waals surface area contributed by atoms with Gasteiger partial charge in [0.1, 0.15) is 0 Å². The van der Waals surface area contributed by atoms with Gasteiger partial charge in [-0.15, -0.1) is 12.4 Å². The first-order chi connectivity index (χ1) is 12.6. The van der Waals surface area contributed by atoms with Crippen LogP contribution in [0.2, 0.25) is 0 Å². The summed E-state index contributed by atoms with van der Waals surface area (Å²) in [5.41, 5.74) is 6.98. The van der Waals surface area contributed by atoms with Crippen molar-refractivity contribution in [3.05, 3.63) is 52.3 Å². The molecule has 1 unspecified atom stereocenters. The Kier molecular flexibility index (Phi) is 7.32. The van der Waals surface area contributed by atoms with Gasteiger partial charge in [0.15, 0.2) is 0 Å². The van der Waals surface area contributed by atoms with Crippen LogP contribution in [0.15, 0.2) is 36.7 Å². The molecule has 2 aromatic rings. The topological polar surface area (TPSA) is 116 Å². The first-order valence-corrected chi connectivity index (χ1v) is 8.89. The molecule has 0 saturated heterocycles. The van der Waals surface area contributed by atoms with Gasteiger partial charge < -0.3 is 11.1 Å². The van der Waals surface area contributed by atoms with Gasteiger partial charge in [0.05, 0.1) is 22.4 Å². The molecule has 27 heavy (non-hydrogen) atoms. The Hall–Kier alpha value is -2.45. The Balaban J connectivity index is 0.00000261. The Morgan fingerprint density at radius 3 is 2.56 bits per heavy atom. The Morgan fingerprint density at radius 1 is 1.30 bits per heavy atom. The van der Waals surface area contributed by atoms with E-state index in [1.54, 1.807) is 18.3 Å². The minimum atomic E-state index is -0.454. The van der Waals surface area contributed by atoms with E-state index in [2.05, 4.69) is 10.4 Å². The highest BCUT2D eigenvalue weighted by Crippen LogP contribution is 2.26. The maximum absolute atomic E-state index is 12.5. The molecular formula is C18H24ClN5O3. The third-order valence-electron chi connectivity index (χ3n) is 4.96. The summed E-state index contributed by atoms with van der Waals surface area (Å²) in [6.07, 6.45) is 8.94. The number of aromatic nitrogens is 2. The number of benzene rings is 1. The fraction of sp³-hybridized carbons (Fsp3) is 0.444. The molecule has 1 atom stereocenters. The van der Waals surface area contributed by atoms with E-state index in [-0.39, 0.29) is 30.0 Å². The summed E-state index contributed by atoms with van der Waals surface area (Å²) in [6, 6.07) is 5.98. The van der Waals surface area contributed by atoms with Gasteiger partial charge in [-0.2, -0.15) is 5.10 Å². The molecule has 1 aromatic heterocycles. The van der Waals surface area contributed by atoms with Crippen LogP contribution in [0.4, 0.5) is 5.69 Å². The number of hydrogen-bond acceptors (Lipinski definition) is 5. The zero-order valence-corrected chi connectivity index (χ0v) is 15.7. The molecule has 1 aromatic carbocycles. The lowest BCUT2D eigenvalue weighted by atomic mass is 9.84. The van der Waals surface area contributed by atoms with Gasteiger partial charge >= 0.3 is 0 Å². The van der Waals surface area contributed by atoms with Crippen LogP contribution in [-0.2, 0) is 0 Å². The standard InChI is InChI=1S/C18H23N5O3.ClH/c19-10-17(13-4-2-1-3-5-13)21-18(24)14-11-20-22(12-14)15-6-8-16(9-7-15)23(25)26;/h6-9,11-13,17H,1-5,10,19H2,(H,21,24);1H. The molecule has 9 heteroatoms. The highest BCUT2D eigenvalue weighted by atomic mass is 35.5. The molecular weight excluding hydrogens is 370 g/mol. The number of nitro benzene ring substituents is 1. The SMILES string of the molecule is Cl.NCC(NC(=O)c1cnn(-c2ccc([N+](=O)[O-])cc2)c1)C1CCCCC1. The number of nitrogens with one attached hydrogen (secondary N) is 1. The molecule has 1 aliphatic carbocycles. The van der Waals surface area contributed by atoms with Crippen LogP contribution in [0.1, 0.15) is 42.5 Å². The van der Waals surface area contributed by atoms with Gasteiger partial charge in [0.25, 0.3) is 11.6 Å². The molecule has 3 rings (SSSR count). The lowest BCUT2D eigenvalue weighted by Gasteiger charge is -2.29. The number of nitro groups is 1. The maximum Gasteiger partial charge on any atom is 0.269 e. The molecule has 3 N–H and O–H groups in total. The fourth-order valence-electron chi connectivity index (χ4n) is 3.47. The number of carbonyl (C=O) groups is 1. The molecule has 0 radical (unpaired) electrons. The van der Waals surface area contributed by atoms with Crippen LogP contribution in [0.3, 0.4) is 0 Å². The summed E-state index contributed by atoms with van der Waals surface area (Å²) >= 11 is 0. The first-order valence-electron chi connectivity index (χ1n) is 8.89. The molecule has 1 amide bonds. The summed E-state index contributed by atoms with van der Waals surface area (Å²) in [6.45, 7) is 0.424. The third kappa shape index (κ3) is 5.05. The molecule has 1 aliphatic rings. The van der Waals surface area contributed by atoms with Gasteiger partial charge in [-0.05, 0) is 30.9 Å². The molecule has 146 valence electrons. The molecule has 1 heterocycles. The van der Waals surface area contributed by atoms with Crippen molar-refractivity contribution in [1.82, 2.24) is 15.1 Å². The number of hydrogen-bond donors (Lipinski definition) is 2. The van der Waals surface area contributed by atoms with Crippen molar-refractivity contribution in [2.45, 2.75) is 38.1 Å². The van der Waals surface area contributed by atoms with Gasteiger partial charge in [0, 0.05) is 30.9 Å². The van der Waals surface area contributed by atoms with Crippen LogP contribution in [-0.4, -0.2) is 33.2 Å². The third-order valence-corrected chi connectivity index (χ3v) is 4.96. The number of non-ortho nitro benzene ring substituents is 1. The van der Waals surface area contributed by atoms with Crippen molar-refractivity contribution in [2.24, 2.45) is 11.7 Å². The second kappa shape index (κ2) is 9.48. The van der Waals surface area contributed by atoms with E-state index in [1.165, 1.54) is 42.3 Å². The quantitative estimate of drug-likeness (QED) is 0.578. The predicted molar refractivity (Wildman–Crippen MR) is 104 cm³/mol. The van der Waals surface area contributed by atoms with Gasteiger partial charge in [-0.1, -0.05) is 19.3 Å². The van der Waals surface area contributed by atoms with E-state index in [0.717, 1.165) is 12.8 Å². The van der Waals surface area contributed by atoms with Crippen molar-refractivity contribution in [1.29, 1.82) is 0 Å². The van der Waals surface area contributed by atoms with Gasteiger partial charge in [-0.3, -0.25) is 14.9 Å². The zero-order valence-electron chi connectivity index (χ0n) is 14.9. The van der Waals surface area contributed by atoms with Crippen molar-refractivity contribution >= 4 is 24.0 Å². The van der Waals surface area contributed by atoms with Crippen LogP contribution in [0, 0.1) is 16.0 Å². The van der Waals surface area contributed by atoms with Crippen molar-refractivity contribution in [3.63, 3.8) is 0 Å². The highest BCUT2D eigenvalue weighted by molar-refractivity contribution is 5.94. The molecule has 1 saturated carbocycles. The summed E-state index contributed by atoms with van der Waals surface area (Å²) in [7, 11) is 0. The minimum absolute atomic E-state index is 0. The lowest BCUT2D eigenvalue weighted by molar-refractivity contribution is -0.384. The number of amides is 1. The summed E-state index contributed by atoms with van der Waals surface area (Å²) in [5, 5.41) is 17.9. The van der Waals surface area contributed by atoms with Crippen LogP contribution in [0.25, 0.3) is 5.69 Å². The van der Waals surface area contributed by atoms with E-state index < -0.39 is 4.92 Å².